The van der Waals surface area contributed by atoms with E-state index in [1.807, 2.05) is 19.1 Å². The topological polar surface area (TPSA) is 39.2 Å². The van der Waals surface area contributed by atoms with Crippen LogP contribution in [0, 0.1) is 19.7 Å². The number of hydrogen-bond acceptors (Lipinski definition) is 4. The summed E-state index contributed by atoms with van der Waals surface area (Å²) in [5.74, 6) is -0.587. The highest BCUT2D eigenvalue weighted by atomic mass is 32.1. The van der Waals surface area contributed by atoms with Crippen LogP contribution >= 0.6 is 11.3 Å². The highest BCUT2D eigenvalue weighted by molar-refractivity contribution is 7.17. The van der Waals surface area contributed by atoms with Gasteiger partial charge in [-0.3, -0.25) is 0 Å². The van der Waals surface area contributed by atoms with E-state index in [1.54, 1.807) is 19.9 Å². The molecule has 0 aliphatic rings. The molecule has 0 saturated heterocycles. The van der Waals surface area contributed by atoms with Crippen LogP contribution in [0.1, 0.15) is 27.9 Å². The van der Waals surface area contributed by atoms with Crippen molar-refractivity contribution in [1.82, 2.24) is 4.98 Å². The molecule has 1 aromatic heterocycles. The number of ether oxygens (including phenoxy) is 1. The van der Waals surface area contributed by atoms with E-state index in [9.17, 15) is 9.18 Å². The predicted molar refractivity (Wildman–Crippen MR) is 90.4 cm³/mol. The number of carbonyl (C=O) groups excluding carboxylic acids is 1. The lowest BCUT2D eigenvalue weighted by Gasteiger charge is -2.05. The van der Waals surface area contributed by atoms with E-state index < -0.39 is 0 Å². The van der Waals surface area contributed by atoms with Gasteiger partial charge in [-0.1, -0.05) is 6.07 Å². The van der Waals surface area contributed by atoms with Crippen LogP contribution in [0.25, 0.3) is 21.3 Å². The van der Waals surface area contributed by atoms with E-state index in [0.717, 1.165) is 26.9 Å². The van der Waals surface area contributed by atoms with Gasteiger partial charge in [-0.25, -0.2) is 14.2 Å². The molecule has 0 spiro atoms. The van der Waals surface area contributed by atoms with Crippen LogP contribution in [-0.4, -0.2) is 17.6 Å². The molecular weight excluding hydrogens is 313 g/mol. The Morgan fingerprint density at radius 1 is 1.26 bits per heavy atom. The molecule has 0 bridgehead atoms. The summed E-state index contributed by atoms with van der Waals surface area (Å²) < 4.78 is 18.5. The molecule has 0 N–H and O–H groups in total. The van der Waals surface area contributed by atoms with Crippen LogP contribution in [0.15, 0.2) is 30.3 Å². The van der Waals surface area contributed by atoms with E-state index in [-0.39, 0.29) is 11.8 Å². The van der Waals surface area contributed by atoms with Gasteiger partial charge in [0, 0.05) is 5.56 Å². The third-order valence-electron chi connectivity index (χ3n) is 3.63. The molecule has 2 aromatic carbocycles. The first-order valence-corrected chi connectivity index (χ1v) is 8.16. The molecule has 0 radical (unpaired) electrons. The zero-order chi connectivity index (χ0) is 16.6. The summed E-state index contributed by atoms with van der Waals surface area (Å²) in [6.07, 6.45) is 0. The number of nitrogens with zero attached hydrogens (tertiary/aromatic N) is 1. The number of esters is 1. The highest BCUT2D eigenvalue weighted by Gasteiger charge is 2.17. The van der Waals surface area contributed by atoms with Crippen molar-refractivity contribution < 1.29 is 13.9 Å². The van der Waals surface area contributed by atoms with Gasteiger partial charge < -0.3 is 4.74 Å². The molecule has 0 amide bonds. The molecule has 0 aliphatic heterocycles. The predicted octanol–water partition coefficient (Wildman–Crippen LogP) is 4.90. The zero-order valence-electron chi connectivity index (χ0n) is 13.1. The summed E-state index contributed by atoms with van der Waals surface area (Å²) >= 11 is 1.32. The monoisotopic (exact) mass is 329 g/mol. The number of fused-ring (bicyclic) bond motifs is 1. The summed E-state index contributed by atoms with van der Waals surface area (Å²) in [4.78, 5) is 17.0. The fraction of sp³-hybridized carbons (Fsp3) is 0.222. The first-order chi connectivity index (χ1) is 11.0. The lowest BCUT2D eigenvalue weighted by Crippen LogP contribution is -2.03. The van der Waals surface area contributed by atoms with Crippen molar-refractivity contribution in [3.8, 4) is 10.6 Å². The maximum absolute atomic E-state index is 13.4. The normalized spacial score (nSPS) is 11.0. The maximum Gasteiger partial charge on any atom is 0.350 e. The van der Waals surface area contributed by atoms with Gasteiger partial charge in [0.25, 0.3) is 0 Å². The summed E-state index contributed by atoms with van der Waals surface area (Å²) in [7, 11) is 0. The Morgan fingerprint density at radius 3 is 2.78 bits per heavy atom. The van der Waals surface area contributed by atoms with Crippen molar-refractivity contribution in [3.63, 3.8) is 0 Å². The number of benzene rings is 2. The number of thiazole rings is 1. The Labute approximate surface area is 137 Å². The van der Waals surface area contributed by atoms with Gasteiger partial charge in [0.1, 0.15) is 15.7 Å². The molecule has 0 unspecified atom stereocenters. The molecular formula is C18H16FNO2S. The molecule has 0 saturated carbocycles. The fourth-order valence-corrected chi connectivity index (χ4v) is 3.49. The largest absolute Gasteiger partial charge is 0.462 e. The number of aryl methyl sites for hydroxylation is 2. The molecule has 5 heteroatoms. The standard InChI is InChI=1S/C18H16FNO2S/c1-4-22-18(21)16-11(3)20-17(23-16)13-7-10(2)15-9-14(19)6-5-12(15)8-13/h5-9H,4H2,1-3H3. The number of rotatable bonds is 3. The van der Waals surface area contributed by atoms with Gasteiger partial charge in [0.15, 0.2) is 0 Å². The number of aromatic nitrogens is 1. The average Bonchev–Trinajstić information content (AvgIpc) is 2.90. The van der Waals surface area contributed by atoms with E-state index in [4.69, 9.17) is 4.74 Å². The zero-order valence-corrected chi connectivity index (χ0v) is 14.0. The van der Waals surface area contributed by atoms with E-state index in [2.05, 4.69) is 4.98 Å². The van der Waals surface area contributed by atoms with Crippen LogP contribution in [0.2, 0.25) is 0 Å². The molecule has 3 rings (SSSR count). The number of halogens is 1. The van der Waals surface area contributed by atoms with Crippen molar-refractivity contribution in [1.29, 1.82) is 0 Å². The van der Waals surface area contributed by atoms with E-state index in [0.29, 0.717) is 17.2 Å². The van der Waals surface area contributed by atoms with Crippen molar-refractivity contribution in [2.75, 3.05) is 6.61 Å². The minimum absolute atomic E-state index is 0.247. The van der Waals surface area contributed by atoms with Gasteiger partial charge in [-0.05, 0) is 61.4 Å². The lowest BCUT2D eigenvalue weighted by molar-refractivity contribution is 0.0531. The second-order valence-electron chi connectivity index (χ2n) is 5.31. The smallest absolute Gasteiger partial charge is 0.350 e. The molecule has 23 heavy (non-hydrogen) atoms. The molecule has 3 nitrogen and oxygen atoms in total. The minimum atomic E-state index is -0.340. The van der Waals surface area contributed by atoms with E-state index >= 15 is 0 Å². The molecule has 0 fully saturated rings. The van der Waals surface area contributed by atoms with Gasteiger partial charge in [0.05, 0.1) is 12.3 Å². The highest BCUT2D eigenvalue weighted by Crippen LogP contribution is 2.32. The number of hydrogen-bond donors (Lipinski definition) is 0. The third-order valence-corrected chi connectivity index (χ3v) is 4.81. The molecule has 1 heterocycles. The molecule has 3 aromatic rings. The first-order valence-electron chi connectivity index (χ1n) is 7.34. The Morgan fingerprint density at radius 2 is 2.04 bits per heavy atom. The summed E-state index contributed by atoms with van der Waals surface area (Å²) in [6, 6.07) is 8.67. The Bertz CT molecular complexity index is 901. The van der Waals surface area contributed by atoms with Gasteiger partial charge in [-0.2, -0.15) is 0 Å². The van der Waals surface area contributed by atoms with Gasteiger partial charge >= 0.3 is 5.97 Å². The third kappa shape index (κ3) is 2.97. The summed E-state index contributed by atoms with van der Waals surface area (Å²) in [5.41, 5.74) is 2.56. The van der Waals surface area contributed by atoms with Gasteiger partial charge in [-0.15, -0.1) is 11.3 Å². The van der Waals surface area contributed by atoms with Crippen LogP contribution < -0.4 is 0 Å². The second-order valence-corrected chi connectivity index (χ2v) is 6.31. The van der Waals surface area contributed by atoms with Crippen LogP contribution in [-0.2, 0) is 4.74 Å². The Kier molecular flexibility index (Phi) is 4.13. The second kappa shape index (κ2) is 6.08. The van der Waals surface area contributed by atoms with Crippen molar-refractivity contribution in [2.24, 2.45) is 0 Å². The summed E-state index contributed by atoms with van der Waals surface area (Å²) in [5, 5.41) is 2.60. The minimum Gasteiger partial charge on any atom is -0.462 e. The van der Waals surface area contributed by atoms with Crippen LogP contribution in [0.4, 0.5) is 4.39 Å². The summed E-state index contributed by atoms with van der Waals surface area (Å²) in [6.45, 7) is 5.86. The quantitative estimate of drug-likeness (QED) is 0.642. The molecule has 0 atom stereocenters. The first kappa shape index (κ1) is 15.6. The van der Waals surface area contributed by atoms with Gasteiger partial charge in [0.2, 0.25) is 0 Å². The van der Waals surface area contributed by atoms with Crippen LogP contribution in [0.5, 0.6) is 0 Å². The molecule has 0 aliphatic carbocycles. The number of carbonyl (C=O) groups is 1. The lowest BCUT2D eigenvalue weighted by atomic mass is 10.0. The average molecular weight is 329 g/mol. The fourth-order valence-electron chi connectivity index (χ4n) is 2.55. The molecule has 118 valence electrons. The van der Waals surface area contributed by atoms with Crippen molar-refractivity contribution in [3.05, 3.63) is 52.3 Å². The van der Waals surface area contributed by atoms with E-state index in [1.165, 1.54) is 23.5 Å². The van der Waals surface area contributed by atoms with Crippen molar-refractivity contribution in [2.45, 2.75) is 20.8 Å². The van der Waals surface area contributed by atoms with Crippen LogP contribution in [0.3, 0.4) is 0 Å². The SMILES string of the molecule is CCOC(=O)c1sc(-c2cc(C)c3cc(F)ccc3c2)nc1C. The maximum atomic E-state index is 13.4. The Hall–Kier alpha value is -2.27. The Balaban J connectivity index is 2.09. The van der Waals surface area contributed by atoms with Crippen molar-refractivity contribution >= 4 is 28.1 Å².